The lowest BCUT2D eigenvalue weighted by molar-refractivity contribution is 0.479. The van der Waals surface area contributed by atoms with E-state index in [0.29, 0.717) is 5.92 Å². The van der Waals surface area contributed by atoms with E-state index in [2.05, 4.69) is 19.1 Å². The standard InChI is InChI=1S/C17H17ClO/c1-12-7-10-17(18)16-11-14(8-9-15(12)16)19-13-5-3-2-4-6-13/h2-6,8-9,11-12,17H,7,10H2,1H3. The molecule has 0 aromatic heterocycles. The van der Waals surface area contributed by atoms with Crippen LogP contribution in [0.1, 0.15) is 42.2 Å². The van der Waals surface area contributed by atoms with Crippen LogP contribution < -0.4 is 4.74 Å². The molecule has 2 unspecified atom stereocenters. The van der Waals surface area contributed by atoms with E-state index in [1.165, 1.54) is 17.5 Å². The highest BCUT2D eigenvalue weighted by atomic mass is 35.5. The zero-order valence-corrected chi connectivity index (χ0v) is 11.7. The first kappa shape index (κ1) is 12.6. The van der Waals surface area contributed by atoms with Crippen molar-refractivity contribution >= 4 is 11.6 Å². The fourth-order valence-electron chi connectivity index (χ4n) is 2.67. The molecule has 0 fully saturated rings. The predicted octanol–water partition coefficient (Wildman–Crippen LogP) is 5.66. The largest absolute Gasteiger partial charge is 0.457 e. The van der Waals surface area contributed by atoms with Crippen LogP contribution in [0.4, 0.5) is 0 Å². The lowest BCUT2D eigenvalue weighted by Gasteiger charge is -2.26. The van der Waals surface area contributed by atoms with Crippen LogP contribution in [0, 0.1) is 0 Å². The van der Waals surface area contributed by atoms with Gasteiger partial charge in [-0.05, 0) is 54.2 Å². The second-order valence-corrected chi connectivity index (χ2v) is 5.68. The lowest BCUT2D eigenvalue weighted by atomic mass is 9.83. The zero-order valence-electron chi connectivity index (χ0n) is 11.0. The molecule has 1 aliphatic carbocycles. The number of ether oxygens (including phenoxy) is 1. The van der Waals surface area contributed by atoms with Crippen LogP contribution in [-0.2, 0) is 0 Å². The van der Waals surface area contributed by atoms with Gasteiger partial charge in [-0.3, -0.25) is 0 Å². The second-order valence-electron chi connectivity index (χ2n) is 5.15. The average Bonchev–Trinajstić information content (AvgIpc) is 2.44. The van der Waals surface area contributed by atoms with Crippen molar-refractivity contribution < 1.29 is 4.74 Å². The van der Waals surface area contributed by atoms with E-state index in [1.807, 2.05) is 36.4 Å². The van der Waals surface area contributed by atoms with Crippen molar-refractivity contribution in [3.05, 3.63) is 59.7 Å². The van der Waals surface area contributed by atoms with Crippen LogP contribution in [0.15, 0.2) is 48.5 Å². The quantitative estimate of drug-likeness (QED) is 0.641. The molecule has 0 saturated carbocycles. The maximum absolute atomic E-state index is 6.43. The molecule has 3 rings (SSSR count). The van der Waals surface area contributed by atoms with Gasteiger partial charge in [-0.15, -0.1) is 11.6 Å². The van der Waals surface area contributed by atoms with Crippen LogP contribution in [-0.4, -0.2) is 0 Å². The summed E-state index contributed by atoms with van der Waals surface area (Å²) in [5, 5.41) is 0.116. The van der Waals surface area contributed by atoms with E-state index in [1.54, 1.807) is 0 Å². The molecule has 2 aromatic rings. The molecular formula is C17H17ClO. The normalized spacial score (nSPS) is 21.8. The first-order valence-corrected chi connectivity index (χ1v) is 7.18. The fourth-order valence-corrected chi connectivity index (χ4v) is 2.98. The SMILES string of the molecule is CC1CCC(Cl)c2cc(Oc3ccccc3)ccc21. The highest BCUT2D eigenvalue weighted by Gasteiger charge is 2.23. The van der Waals surface area contributed by atoms with Gasteiger partial charge in [0.25, 0.3) is 0 Å². The molecule has 0 saturated heterocycles. The van der Waals surface area contributed by atoms with Gasteiger partial charge in [0.1, 0.15) is 11.5 Å². The molecule has 0 heterocycles. The maximum atomic E-state index is 6.43. The van der Waals surface area contributed by atoms with Crippen LogP contribution in [0.5, 0.6) is 11.5 Å². The minimum absolute atomic E-state index is 0.116. The number of hydrogen-bond acceptors (Lipinski definition) is 1. The summed E-state index contributed by atoms with van der Waals surface area (Å²) in [6.07, 6.45) is 2.21. The van der Waals surface area contributed by atoms with Crippen LogP contribution in [0.25, 0.3) is 0 Å². The molecule has 0 aliphatic heterocycles. The number of para-hydroxylation sites is 1. The summed E-state index contributed by atoms with van der Waals surface area (Å²) >= 11 is 6.43. The van der Waals surface area contributed by atoms with Gasteiger partial charge in [-0.2, -0.15) is 0 Å². The second kappa shape index (κ2) is 5.26. The van der Waals surface area contributed by atoms with E-state index >= 15 is 0 Å². The molecule has 2 atom stereocenters. The van der Waals surface area contributed by atoms with Crippen molar-refractivity contribution in [2.75, 3.05) is 0 Å². The Hall–Kier alpha value is -1.47. The Morgan fingerprint density at radius 2 is 1.74 bits per heavy atom. The summed E-state index contributed by atoms with van der Waals surface area (Å²) in [5.41, 5.74) is 2.60. The Morgan fingerprint density at radius 3 is 2.53 bits per heavy atom. The van der Waals surface area contributed by atoms with Gasteiger partial charge >= 0.3 is 0 Å². The molecule has 0 bridgehead atoms. The van der Waals surface area contributed by atoms with Crippen molar-refractivity contribution in [1.82, 2.24) is 0 Å². The van der Waals surface area contributed by atoms with E-state index < -0.39 is 0 Å². The molecule has 0 spiro atoms. The summed E-state index contributed by atoms with van der Waals surface area (Å²) in [5.74, 6) is 2.32. The maximum Gasteiger partial charge on any atom is 0.127 e. The highest BCUT2D eigenvalue weighted by molar-refractivity contribution is 6.21. The lowest BCUT2D eigenvalue weighted by Crippen LogP contribution is -2.09. The van der Waals surface area contributed by atoms with Crippen molar-refractivity contribution in [3.8, 4) is 11.5 Å². The summed E-state index contributed by atoms with van der Waals surface area (Å²) in [6.45, 7) is 2.26. The van der Waals surface area contributed by atoms with Crippen molar-refractivity contribution in [2.24, 2.45) is 0 Å². The molecule has 0 radical (unpaired) electrons. The Labute approximate surface area is 119 Å². The molecular weight excluding hydrogens is 256 g/mol. The molecule has 19 heavy (non-hydrogen) atoms. The van der Waals surface area contributed by atoms with Gasteiger partial charge in [0.2, 0.25) is 0 Å². The highest BCUT2D eigenvalue weighted by Crippen LogP contribution is 2.42. The van der Waals surface area contributed by atoms with Crippen LogP contribution >= 0.6 is 11.6 Å². The summed E-state index contributed by atoms with van der Waals surface area (Å²) < 4.78 is 5.87. The third kappa shape index (κ3) is 2.62. The van der Waals surface area contributed by atoms with E-state index in [0.717, 1.165) is 17.9 Å². The monoisotopic (exact) mass is 272 g/mol. The Morgan fingerprint density at radius 1 is 0.947 bits per heavy atom. The van der Waals surface area contributed by atoms with Gasteiger partial charge < -0.3 is 4.74 Å². The third-order valence-corrected chi connectivity index (χ3v) is 4.21. The molecule has 0 amide bonds. The molecule has 0 N–H and O–H groups in total. The van der Waals surface area contributed by atoms with Gasteiger partial charge in [0.05, 0.1) is 5.38 Å². The zero-order chi connectivity index (χ0) is 13.2. The summed E-state index contributed by atoms with van der Waals surface area (Å²) in [7, 11) is 0. The molecule has 98 valence electrons. The topological polar surface area (TPSA) is 9.23 Å². The number of alkyl halides is 1. The molecule has 1 nitrogen and oxygen atoms in total. The number of fused-ring (bicyclic) bond motifs is 1. The van der Waals surface area contributed by atoms with Crippen molar-refractivity contribution in [2.45, 2.75) is 31.1 Å². The minimum Gasteiger partial charge on any atom is -0.457 e. The molecule has 1 aliphatic rings. The minimum atomic E-state index is 0.116. The van der Waals surface area contributed by atoms with Crippen LogP contribution in [0.3, 0.4) is 0 Å². The van der Waals surface area contributed by atoms with Crippen molar-refractivity contribution in [3.63, 3.8) is 0 Å². The van der Waals surface area contributed by atoms with E-state index in [9.17, 15) is 0 Å². The number of halogens is 1. The molecule has 2 heteroatoms. The third-order valence-electron chi connectivity index (χ3n) is 3.76. The summed E-state index contributed by atoms with van der Waals surface area (Å²) in [4.78, 5) is 0. The number of rotatable bonds is 2. The van der Waals surface area contributed by atoms with Gasteiger partial charge in [-0.25, -0.2) is 0 Å². The smallest absolute Gasteiger partial charge is 0.127 e. The van der Waals surface area contributed by atoms with E-state index in [-0.39, 0.29) is 5.38 Å². The Bertz CT molecular complexity index is 565. The summed E-state index contributed by atoms with van der Waals surface area (Å²) in [6, 6.07) is 16.1. The first-order chi connectivity index (χ1) is 9.24. The first-order valence-electron chi connectivity index (χ1n) is 6.75. The predicted molar refractivity (Wildman–Crippen MR) is 79.2 cm³/mol. The molecule has 2 aromatic carbocycles. The Balaban J connectivity index is 1.91. The number of benzene rings is 2. The van der Waals surface area contributed by atoms with Gasteiger partial charge in [-0.1, -0.05) is 31.2 Å². The fraction of sp³-hybridized carbons (Fsp3) is 0.294. The van der Waals surface area contributed by atoms with Crippen molar-refractivity contribution in [1.29, 1.82) is 0 Å². The Kier molecular flexibility index (Phi) is 3.48. The van der Waals surface area contributed by atoms with E-state index in [4.69, 9.17) is 16.3 Å². The van der Waals surface area contributed by atoms with Crippen LogP contribution in [0.2, 0.25) is 0 Å². The number of hydrogen-bond donors (Lipinski definition) is 0. The van der Waals surface area contributed by atoms with Gasteiger partial charge in [0, 0.05) is 0 Å². The van der Waals surface area contributed by atoms with Gasteiger partial charge in [0.15, 0.2) is 0 Å². The average molecular weight is 273 g/mol.